The van der Waals surface area contributed by atoms with Crippen LogP contribution in [-0.2, 0) is 6.42 Å². The highest BCUT2D eigenvalue weighted by Crippen LogP contribution is 2.26. The van der Waals surface area contributed by atoms with Gasteiger partial charge in [0, 0.05) is 37.1 Å². The van der Waals surface area contributed by atoms with E-state index in [1.165, 1.54) is 42.1 Å². The van der Waals surface area contributed by atoms with Crippen LogP contribution in [0.1, 0.15) is 12.0 Å². The summed E-state index contributed by atoms with van der Waals surface area (Å²) >= 11 is 2.08. The molecule has 0 bridgehead atoms. The Morgan fingerprint density at radius 1 is 1.35 bits per heavy atom. The lowest BCUT2D eigenvalue weighted by Gasteiger charge is -2.21. The summed E-state index contributed by atoms with van der Waals surface area (Å²) in [7, 11) is 0. The highest BCUT2D eigenvalue weighted by Gasteiger charge is 2.19. The second-order valence-electron chi connectivity index (χ2n) is 4.88. The van der Waals surface area contributed by atoms with Gasteiger partial charge in [0.25, 0.3) is 0 Å². The van der Waals surface area contributed by atoms with Crippen molar-refractivity contribution in [2.75, 3.05) is 36.0 Å². The Labute approximate surface area is 108 Å². The van der Waals surface area contributed by atoms with Gasteiger partial charge in [-0.05, 0) is 30.2 Å². The van der Waals surface area contributed by atoms with Crippen molar-refractivity contribution >= 4 is 17.4 Å². The van der Waals surface area contributed by atoms with Crippen molar-refractivity contribution in [3.63, 3.8) is 0 Å². The molecule has 1 saturated heterocycles. The lowest BCUT2D eigenvalue weighted by Crippen LogP contribution is -2.36. The number of para-hydroxylation sites is 1. The predicted molar refractivity (Wildman–Crippen MR) is 76.1 cm³/mol. The third-order valence-corrected chi connectivity index (χ3v) is 4.89. The van der Waals surface area contributed by atoms with Crippen LogP contribution in [0.25, 0.3) is 0 Å². The number of nitrogens with one attached hydrogen (secondary N) is 1. The van der Waals surface area contributed by atoms with E-state index in [1.807, 2.05) is 0 Å². The van der Waals surface area contributed by atoms with Crippen LogP contribution in [0.5, 0.6) is 0 Å². The SMILES string of the molecule is c1ccc2c(c1)CCN2CCNC1CCSC1. The van der Waals surface area contributed by atoms with E-state index in [-0.39, 0.29) is 0 Å². The number of rotatable bonds is 4. The van der Waals surface area contributed by atoms with Crippen molar-refractivity contribution in [3.05, 3.63) is 29.8 Å². The molecule has 0 saturated carbocycles. The second kappa shape index (κ2) is 5.32. The summed E-state index contributed by atoms with van der Waals surface area (Å²) in [6.07, 6.45) is 2.57. The highest BCUT2D eigenvalue weighted by molar-refractivity contribution is 7.99. The maximum absolute atomic E-state index is 3.68. The first-order valence-corrected chi connectivity index (χ1v) is 7.73. The molecule has 1 aromatic rings. The van der Waals surface area contributed by atoms with E-state index in [4.69, 9.17) is 0 Å². The molecule has 0 aromatic heterocycles. The molecule has 3 heteroatoms. The van der Waals surface area contributed by atoms with Crippen molar-refractivity contribution in [2.24, 2.45) is 0 Å². The van der Waals surface area contributed by atoms with Gasteiger partial charge in [0.15, 0.2) is 0 Å². The van der Waals surface area contributed by atoms with E-state index >= 15 is 0 Å². The first-order chi connectivity index (χ1) is 8.43. The zero-order chi connectivity index (χ0) is 11.5. The van der Waals surface area contributed by atoms with Gasteiger partial charge in [0.1, 0.15) is 0 Å². The molecule has 2 aliphatic heterocycles. The van der Waals surface area contributed by atoms with Crippen LogP contribution in [0.4, 0.5) is 5.69 Å². The first-order valence-electron chi connectivity index (χ1n) is 6.57. The van der Waals surface area contributed by atoms with E-state index in [0.29, 0.717) is 0 Å². The minimum Gasteiger partial charge on any atom is -0.370 e. The van der Waals surface area contributed by atoms with Gasteiger partial charge >= 0.3 is 0 Å². The van der Waals surface area contributed by atoms with E-state index in [9.17, 15) is 0 Å². The molecule has 0 amide bonds. The third-order valence-electron chi connectivity index (χ3n) is 3.73. The number of anilines is 1. The summed E-state index contributed by atoms with van der Waals surface area (Å²) in [5, 5.41) is 3.68. The molecule has 1 N–H and O–H groups in total. The van der Waals surface area contributed by atoms with Crippen LogP contribution in [0, 0.1) is 0 Å². The van der Waals surface area contributed by atoms with E-state index in [0.717, 1.165) is 19.1 Å². The van der Waals surface area contributed by atoms with Crippen LogP contribution < -0.4 is 10.2 Å². The summed E-state index contributed by atoms with van der Waals surface area (Å²) in [6.45, 7) is 3.47. The lowest BCUT2D eigenvalue weighted by molar-refractivity contribution is 0.557. The first kappa shape index (κ1) is 11.4. The molecule has 92 valence electrons. The molecule has 2 nitrogen and oxygen atoms in total. The van der Waals surface area contributed by atoms with Crippen LogP contribution >= 0.6 is 11.8 Å². The Hall–Kier alpha value is -0.670. The Kier molecular flexibility index (Phi) is 3.57. The molecule has 2 aliphatic rings. The van der Waals surface area contributed by atoms with Gasteiger partial charge in [-0.15, -0.1) is 0 Å². The van der Waals surface area contributed by atoms with Gasteiger partial charge in [-0.1, -0.05) is 18.2 Å². The maximum Gasteiger partial charge on any atom is 0.0399 e. The lowest BCUT2D eigenvalue weighted by atomic mass is 10.2. The number of fused-ring (bicyclic) bond motifs is 1. The molecule has 1 fully saturated rings. The zero-order valence-electron chi connectivity index (χ0n) is 10.2. The van der Waals surface area contributed by atoms with E-state index < -0.39 is 0 Å². The molecule has 0 spiro atoms. The van der Waals surface area contributed by atoms with Gasteiger partial charge in [-0.3, -0.25) is 0 Å². The van der Waals surface area contributed by atoms with Gasteiger partial charge in [0.2, 0.25) is 0 Å². The van der Waals surface area contributed by atoms with E-state index in [1.54, 1.807) is 0 Å². The maximum atomic E-state index is 3.68. The Morgan fingerprint density at radius 2 is 2.29 bits per heavy atom. The molecule has 3 rings (SSSR count). The molecular formula is C14H20N2S. The van der Waals surface area contributed by atoms with Crippen molar-refractivity contribution in [2.45, 2.75) is 18.9 Å². The Balaban J connectivity index is 1.50. The van der Waals surface area contributed by atoms with Gasteiger partial charge in [-0.2, -0.15) is 11.8 Å². The summed E-state index contributed by atoms with van der Waals surface area (Å²) < 4.78 is 0. The van der Waals surface area contributed by atoms with Crippen molar-refractivity contribution in [3.8, 4) is 0 Å². The van der Waals surface area contributed by atoms with Crippen molar-refractivity contribution in [1.29, 1.82) is 0 Å². The van der Waals surface area contributed by atoms with E-state index in [2.05, 4.69) is 46.2 Å². The smallest absolute Gasteiger partial charge is 0.0399 e. The predicted octanol–water partition coefficient (Wildman–Crippen LogP) is 2.14. The van der Waals surface area contributed by atoms with Crippen molar-refractivity contribution in [1.82, 2.24) is 5.32 Å². The summed E-state index contributed by atoms with van der Waals surface area (Å²) in [5.41, 5.74) is 2.97. The highest BCUT2D eigenvalue weighted by atomic mass is 32.2. The largest absolute Gasteiger partial charge is 0.370 e. The van der Waals surface area contributed by atoms with Crippen LogP contribution in [0.15, 0.2) is 24.3 Å². The number of hydrogen-bond donors (Lipinski definition) is 1. The molecule has 1 unspecified atom stereocenters. The quantitative estimate of drug-likeness (QED) is 0.879. The van der Waals surface area contributed by atoms with Gasteiger partial charge in [-0.25, -0.2) is 0 Å². The van der Waals surface area contributed by atoms with Crippen LogP contribution in [0.3, 0.4) is 0 Å². The molecule has 0 radical (unpaired) electrons. The fourth-order valence-corrected chi connectivity index (χ4v) is 3.92. The Morgan fingerprint density at radius 3 is 3.18 bits per heavy atom. The number of hydrogen-bond acceptors (Lipinski definition) is 3. The summed E-state index contributed by atoms with van der Waals surface area (Å²) in [5.74, 6) is 2.64. The standard InChI is InChI=1S/C14H20N2S/c1-2-4-14-12(3-1)5-8-16(14)9-7-15-13-6-10-17-11-13/h1-4,13,15H,5-11H2. The monoisotopic (exact) mass is 248 g/mol. The molecule has 1 aromatic carbocycles. The van der Waals surface area contributed by atoms with Crippen LogP contribution in [0.2, 0.25) is 0 Å². The second-order valence-corrected chi connectivity index (χ2v) is 6.03. The summed E-state index contributed by atoms with van der Waals surface area (Å²) in [6, 6.07) is 9.58. The minimum absolute atomic E-state index is 0.762. The number of benzene rings is 1. The topological polar surface area (TPSA) is 15.3 Å². The number of thioether (sulfide) groups is 1. The fourth-order valence-electron chi connectivity index (χ4n) is 2.74. The summed E-state index contributed by atoms with van der Waals surface area (Å²) in [4.78, 5) is 2.52. The molecule has 0 aliphatic carbocycles. The number of nitrogens with zero attached hydrogens (tertiary/aromatic N) is 1. The Bertz CT molecular complexity index is 374. The van der Waals surface area contributed by atoms with Crippen LogP contribution in [-0.4, -0.2) is 37.2 Å². The molecule has 17 heavy (non-hydrogen) atoms. The third kappa shape index (κ3) is 2.61. The fraction of sp³-hybridized carbons (Fsp3) is 0.571. The normalized spacial score (nSPS) is 23.1. The molecule has 2 heterocycles. The average Bonchev–Trinajstić information content (AvgIpc) is 2.99. The van der Waals surface area contributed by atoms with Gasteiger partial charge < -0.3 is 10.2 Å². The minimum atomic E-state index is 0.762. The van der Waals surface area contributed by atoms with Crippen molar-refractivity contribution < 1.29 is 0 Å². The molecular weight excluding hydrogens is 228 g/mol. The zero-order valence-corrected chi connectivity index (χ0v) is 11.0. The molecule has 1 atom stereocenters. The average molecular weight is 248 g/mol. The van der Waals surface area contributed by atoms with Gasteiger partial charge in [0.05, 0.1) is 0 Å².